The first-order valence-corrected chi connectivity index (χ1v) is 6.29. The van der Waals surface area contributed by atoms with E-state index in [2.05, 4.69) is 47.0 Å². The Labute approximate surface area is 95.7 Å². The Morgan fingerprint density at radius 1 is 0.800 bits per heavy atom. The maximum atomic E-state index is 5.51. The van der Waals surface area contributed by atoms with Crippen LogP contribution in [-0.4, -0.2) is 12.6 Å². The minimum absolute atomic E-state index is 0.503. The average molecular weight is 215 g/mol. The normalized spacial score (nSPS) is 12.4. The van der Waals surface area contributed by atoms with Crippen molar-refractivity contribution in [2.75, 3.05) is 6.61 Å². The molecule has 2 heteroatoms. The SMILES string of the molecule is CC(C)CONC(CC(C)C)CC(C)C. The Balaban J connectivity index is 3.79. The van der Waals surface area contributed by atoms with E-state index in [-0.39, 0.29) is 0 Å². The first-order valence-electron chi connectivity index (χ1n) is 6.29. The van der Waals surface area contributed by atoms with Gasteiger partial charge in [-0.05, 0) is 30.6 Å². The summed E-state index contributed by atoms with van der Waals surface area (Å²) in [5, 5.41) is 0. The molecule has 0 aliphatic heterocycles. The highest BCUT2D eigenvalue weighted by molar-refractivity contribution is 4.66. The number of hydrogen-bond acceptors (Lipinski definition) is 2. The summed E-state index contributed by atoms with van der Waals surface area (Å²) in [6.07, 6.45) is 2.38. The minimum Gasteiger partial charge on any atom is -0.301 e. The minimum atomic E-state index is 0.503. The Morgan fingerprint density at radius 3 is 1.60 bits per heavy atom. The number of rotatable bonds is 8. The van der Waals surface area contributed by atoms with Crippen molar-refractivity contribution in [1.82, 2.24) is 5.48 Å². The van der Waals surface area contributed by atoms with E-state index in [1.165, 1.54) is 12.8 Å². The Hall–Kier alpha value is -0.0800. The van der Waals surface area contributed by atoms with Crippen LogP contribution in [0.15, 0.2) is 0 Å². The van der Waals surface area contributed by atoms with E-state index in [0.29, 0.717) is 12.0 Å². The number of hydrogen-bond donors (Lipinski definition) is 1. The predicted octanol–water partition coefficient (Wildman–Crippen LogP) is 3.62. The van der Waals surface area contributed by atoms with E-state index in [0.717, 1.165) is 18.4 Å². The van der Waals surface area contributed by atoms with Gasteiger partial charge in [0, 0.05) is 6.04 Å². The van der Waals surface area contributed by atoms with E-state index < -0.39 is 0 Å². The molecule has 15 heavy (non-hydrogen) atoms. The summed E-state index contributed by atoms with van der Waals surface area (Å²) < 4.78 is 0. The molecule has 0 amide bonds. The third-order valence-corrected chi connectivity index (χ3v) is 2.18. The third kappa shape index (κ3) is 10.2. The van der Waals surface area contributed by atoms with Crippen LogP contribution in [0.4, 0.5) is 0 Å². The first kappa shape index (κ1) is 14.9. The van der Waals surface area contributed by atoms with Gasteiger partial charge in [0.15, 0.2) is 0 Å². The number of hydroxylamine groups is 1. The van der Waals surface area contributed by atoms with Crippen LogP contribution in [0.5, 0.6) is 0 Å². The Bertz CT molecular complexity index is 133. The summed E-state index contributed by atoms with van der Waals surface area (Å²) in [5.41, 5.74) is 3.21. The topological polar surface area (TPSA) is 21.3 Å². The van der Waals surface area contributed by atoms with Crippen molar-refractivity contribution < 1.29 is 4.84 Å². The molecule has 0 saturated heterocycles. The summed E-state index contributed by atoms with van der Waals surface area (Å²) in [4.78, 5) is 5.51. The lowest BCUT2D eigenvalue weighted by Crippen LogP contribution is -2.33. The monoisotopic (exact) mass is 215 g/mol. The quantitative estimate of drug-likeness (QED) is 0.624. The van der Waals surface area contributed by atoms with Crippen LogP contribution in [0, 0.1) is 17.8 Å². The van der Waals surface area contributed by atoms with E-state index in [9.17, 15) is 0 Å². The van der Waals surface area contributed by atoms with Gasteiger partial charge in [-0.15, -0.1) is 0 Å². The molecule has 92 valence electrons. The van der Waals surface area contributed by atoms with Crippen LogP contribution < -0.4 is 5.48 Å². The molecule has 0 aromatic heterocycles. The largest absolute Gasteiger partial charge is 0.301 e. The first-order chi connectivity index (χ1) is 6.91. The summed E-state index contributed by atoms with van der Waals surface area (Å²) in [5.74, 6) is 2.05. The van der Waals surface area contributed by atoms with Crippen LogP contribution >= 0.6 is 0 Å². The molecule has 0 radical (unpaired) electrons. The third-order valence-electron chi connectivity index (χ3n) is 2.18. The molecule has 0 aromatic carbocycles. The molecule has 0 bridgehead atoms. The highest BCUT2D eigenvalue weighted by Crippen LogP contribution is 2.13. The second-order valence-electron chi connectivity index (χ2n) is 5.78. The van der Waals surface area contributed by atoms with Crippen molar-refractivity contribution in [2.24, 2.45) is 17.8 Å². The van der Waals surface area contributed by atoms with Gasteiger partial charge >= 0.3 is 0 Å². The summed E-state index contributed by atoms with van der Waals surface area (Å²) >= 11 is 0. The fourth-order valence-electron chi connectivity index (χ4n) is 1.66. The van der Waals surface area contributed by atoms with Crippen molar-refractivity contribution in [2.45, 2.75) is 60.4 Å². The fraction of sp³-hybridized carbons (Fsp3) is 1.00. The smallest absolute Gasteiger partial charge is 0.0705 e. The van der Waals surface area contributed by atoms with Crippen LogP contribution in [-0.2, 0) is 4.84 Å². The molecule has 1 N–H and O–H groups in total. The molecule has 0 aliphatic rings. The van der Waals surface area contributed by atoms with Crippen molar-refractivity contribution in [3.63, 3.8) is 0 Å². The van der Waals surface area contributed by atoms with Crippen LogP contribution in [0.1, 0.15) is 54.4 Å². The van der Waals surface area contributed by atoms with Crippen molar-refractivity contribution in [3.8, 4) is 0 Å². The predicted molar refractivity (Wildman–Crippen MR) is 66.6 cm³/mol. The Kier molecular flexibility index (Phi) is 8.07. The second-order valence-corrected chi connectivity index (χ2v) is 5.78. The maximum absolute atomic E-state index is 5.51. The van der Waals surface area contributed by atoms with Crippen LogP contribution in [0.25, 0.3) is 0 Å². The van der Waals surface area contributed by atoms with Gasteiger partial charge in [-0.2, -0.15) is 5.48 Å². The molecule has 0 saturated carbocycles. The zero-order chi connectivity index (χ0) is 11.8. The molecular formula is C13H29NO. The molecule has 0 fully saturated rings. The van der Waals surface area contributed by atoms with Gasteiger partial charge in [-0.1, -0.05) is 41.5 Å². The van der Waals surface area contributed by atoms with E-state index in [1.54, 1.807) is 0 Å². The number of nitrogens with one attached hydrogen (secondary N) is 1. The molecule has 0 aliphatic carbocycles. The molecule has 0 rings (SSSR count). The van der Waals surface area contributed by atoms with Gasteiger partial charge in [-0.25, -0.2) is 0 Å². The van der Waals surface area contributed by atoms with E-state index >= 15 is 0 Å². The molecule has 0 aromatic rings. The highest BCUT2D eigenvalue weighted by atomic mass is 16.6. The summed E-state index contributed by atoms with van der Waals surface area (Å²) in [7, 11) is 0. The Morgan fingerprint density at radius 2 is 1.27 bits per heavy atom. The van der Waals surface area contributed by atoms with Gasteiger partial charge in [0.05, 0.1) is 6.61 Å². The lowest BCUT2D eigenvalue weighted by molar-refractivity contribution is -0.00773. The van der Waals surface area contributed by atoms with Gasteiger partial charge in [0.1, 0.15) is 0 Å². The van der Waals surface area contributed by atoms with Crippen LogP contribution in [0.3, 0.4) is 0 Å². The summed E-state index contributed by atoms with van der Waals surface area (Å²) in [6.45, 7) is 14.2. The molecular weight excluding hydrogens is 186 g/mol. The van der Waals surface area contributed by atoms with E-state index in [4.69, 9.17) is 4.84 Å². The van der Waals surface area contributed by atoms with Gasteiger partial charge in [0.25, 0.3) is 0 Å². The van der Waals surface area contributed by atoms with Gasteiger partial charge < -0.3 is 4.84 Å². The molecule has 0 atom stereocenters. The molecule has 0 unspecified atom stereocenters. The van der Waals surface area contributed by atoms with Crippen LogP contribution in [0.2, 0.25) is 0 Å². The fourth-order valence-corrected chi connectivity index (χ4v) is 1.66. The highest BCUT2D eigenvalue weighted by Gasteiger charge is 2.12. The van der Waals surface area contributed by atoms with Crippen molar-refractivity contribution in [3.05, 3.63) is 0 Å². The second kappa shape index (κ2) is 8.12. The molecule has 0 spiro atoms. The maximum Gasteiger partial charge on any atom is 0.0705 e. The lowest BCUT2D eigenvalue weighted by Gasteiger charge is -2.22. The van der Waals surface area contributed by atoms with Gasteiger partial charge in [-0.3, -0.25) is 0 Å². The molecule has 0 heterocycles. The van der Waals surface area contributed by atoms with E-state index in [1.807, 2.05) is 0 Å². The zero-order valence-corrected chi connectivity index (χ0v) is 11.3. The standard InChI is InChI=1S/C13H29NO/c1-10(2)7-13(8-11(3)4)14-15-9-12(5)6/h10-14H,7-9H2,1-6H3. The lowest BCUT2D eigenvalue weighted by atomic mass is 9.96. The zero-order valence-electron chi connectivity index (χ0n) is 11.3. The summed E-state index contributed by atoms with van der Waals surface area (Å²) in [6, 6.07) is 0.503. The van der Waals surface area contributed by atoms with Gasteiger partial charge in [0.2, 0.25) is 0 Å². The molecule has 2 nitrogen and oxygen atoms in total. The average Bonchev–Trinajstić information content (AvgIpc) is 2.00. The van der Waals surface area contributed by atoms with Crippen molar-refractivity contribution >= 4 is 0 Å². The van der Waals surface area contributed by atoms with Crippen molar-refractivity contribution in [1.29, 1.82) is 0 Å².